The molecule has 6 heteroatoms. The van der Waals surface area contributed by atoms with Gasteiger partial charge >= 0.3 is 0 Å². The Morgan fingerprint density at radius 3 is 2.80 bits per heavy atom. The van der Waals surface area contributed by atoms with Crippen LogP contribution in [0, 0.1) is 13.8 Å². The van der Waals surface area contributed by atoms with Gasteiger partial charge in [-0.15, -0.1) is 11.3 Å². The lowest BCUT2D eigenvalue weighted by atomic mass is 10.1. The Morgan fingerprint density at radius 1 is 1.40 bits per heavy atom. The summed E-state index contributed by atoms with van der Waals surface area (Å²) in [6.45, 7) is 7.73. The van der Waals surface area contributed by atoms with Crippen LogP contribution in [0.15, 0.2) is 28.6 Å². The molecule has 1 aromatic carbocycles. The van der Waals surface area contributed by atoms with Crippen molar-refractivity contribution in [2.24, 2.45) is 4.99 Å². The number of hydrogen-bond donors (Lipinski definition) is 1. The molecule has 1 atom stereocenters. The molecule has 0 bridgehead atoms. The molecule has 1 aromatic heterocycles. The highest BCUT2D eigenvalue weighted by molar-refractivity contribution is 7.09. The van der Waals surface area contributed by atoms with Crippen molar-refractivity contribution in [1.29, 1.82) is 0 Å². The lowest BCUT2D eigenvalue weighted by Crippen LogP contribution is -2.38. The van der Waals surface area contributed by atoms with Crippen molar-refractivity contribution < 1.29 is 4.74 Å². The van der Waals surface area contributed by atoms with Crippen molar-refractivity contribution in [3.63, 3.8) is 0 Å². The normalized spacial score (nSPS) is 13.0. The van der Waals surface area contributed by atoms with E-state index in [-0.39, 0.29) is 6.10 Å². The standard InChI is InChI=1S/C19H28N4OS/c1-13-7-8-16(14(2)9-13)10-21-19(20-4)23(5)11-17-12-25-18(22-17)15(3)24-6/h7-9,12,15H,10-11H2,1-6H3,(H,20,21). The number of guanidine groups is 1. The van der Waals surface area contributed by atoms with Crippen LogP contribution in [0.25, 0.3) is 0 Å². The van der Waals surface area contributed by atoms with Crippen LogP contribution in [0.3, 0.4) is 0 Å². The molecule has 0 fully saturated rings. The average molecular weight is 361 g/mol. The fourth-order valence-corrected chi connectivity index (χ4v) is 3.45. The van der Waals surface area contributed by atoms with E-state index in [4.69, 9.17) is 4.74 Å². The highest BCUT2D eigenvalue weighted by Gasteiger charge is 2.13. The van der Waals surface area contributed by atoms with Crippen molar-refractivity contribution in [1.82, 2.24) is 15.2 Å². The second kappa shape index (κ2) is 8.97. The fourth-order valence-electron chi connectivity index (χ4n) is 2.60. The highest BCUT2D eigenvalue weighted by atomic mass is 32.1. The maximum Gasteiger partial charge on any atom is 0.194 e. The van der Waals surface area contributed by atoms with E-state index in [0.717, 1.165) is 23.2 Å². The Hall–Kier alpha value is -1.92. The summed E-state index contributed by atoms with van der Waals surface area (Å²) in [4.78, 5) is 11.1. The fraction of sp³-hybridized carbons (Fsp3) is 0.474. The number of benzene rings is 1. The van der Waals surface area contributed by atoms with E-state index in [1.165, 1.54) is 16.7 Å². The minimum Gasteiger partial charge on any atom is -0.375 e. The summed E-state index contributed by atoms with van der Waals surface area (Å²) in [5.41, 5.74) is 4.89. The summed E-state index contributed by atoms with van der Waals surface area (Å²) in [7, 11) is 5.53. The Morgan fingerprint density at radius 2 is 2.16 bits per heavy atom. The highest BCUT2D eigenvalue weighted by Crippen LogP contribution is 2.21. The van der Waals surface area contributed by atoms with E-state index < -0.39 is 0 Å². The molecular weight excluding hydrogens is 332 g/mol. The van der Waals surface area contributed by atoms with Gasteiger partial charge in [0.05, 0.1) is 12.2 Å². The van der Waals surface area contributed by atoms with Gasteiger partial charge in [0.15, 0.2) is 5.96 Å². The largest absolute Gasteiger partial charge is 0.375 e. The number of rotatable bonds is 6. The van der Waals surface area contributed by atoms with Crippen molar-refractivity contribution in [3.8, 4) is 0 Å². The smallest absolute Gasteiger partial charge is 0.194 e. The molecule has 0 aliphatic carbocycles. The van der Waals surface area contributed by atoms with Crippen LogP contribution < -0.4 is 5.32 Å². The Balaban J connectivity index is 1.96. The third-order valence-corrected chi connectivity index (χ3v) is 5.23. The van der Waals surface area contributed by atoms with Crippen LogP contribution >= 0.6 is 11.3 Å². The van der Waals surface area contributed by atoms with E-state index in [2.05, 4.69) is 57.6 Å². The van der Waals surface area contributed by atoms with Crippen LogP contribution in [-0.4, -0.2) is 37.0 Å². The first-order valence-corrected chi connectivity index (χ1v) is 9.27. The lowest BCUT2D eigenvalue weighted by molar-refractivity contribution is 0.119. The average Bonchev–Trinajstić information content (AvgIpc) is 3.04. The van der Waals surface area contributed by atoms with Gasteiger partial charge in [-0.25, -0.2) is 4.98 Å². The maximum atomic E-state index is 5.33. The number of aryl methyl sites for hydroxylation is 2. The van der Waals surface area contributed by atoms with Crippen molar-refractivity contribution in [2.45, 2.75) is 40.0 Å². The lowest BCUT2D eigenvalue weighted by Gasteiger charge is -2.21. The summed E-state index contributed by atoms with van der Waals surface area (Å²) < 4.78 is 5.33. The number of methoxy groups -OCH3 is 1. The number of thiazole rings is 1. The van der Waals surface area contributed by atoms with E-state index in [1.54, 1.807) is 25.5 Å². The van der Waals surface area contributed by atoms with E-state index in [0.29, 0.717) is 6.54 Å². The minimum absolute atomic E-state index is 0.0333. The molecule has 1 N–H and O–H groups in total. The third kappa shape index (κ3) is 5.28. The monoisotopic (exact) mass is 360 g/mol. The second-order valence-electron chi connectivity index (χ2n) is 6.24. The zero-order valence-corrected chi connectivity index (χ0v) is 16.8. The number of nitrogens with zero attached hydrogens (tertiary/aromatic N) is 3. The second-order valence-corrected chi connectivity index (χ2v) is 7.13. The minimum atomic E-state index is 0.0333. The Labute approximate surface area is 154 Å². The number of aromatic nitrogens is 1. The number of aliphatic imine (C=N–C) groups is 1. The summed E-state index contributed by atoms with van der Waals surface area (Å²) in [6.07, 6.45) is 0.0333. The van der Waals surface area contributed by atoms with Gasteiger partial charge < -0.3 is 15.0 Å². The van der Waals surface area contributed by atoms with Gasteiger partial charge in [0.1, 0.15) is 11.1 Å². The first kappa shape index (κ1) is 19.4. The van der Waals surface area contributed by atoms with Crippen LogP contribution in [-0.2, 0) is 17.8 Å². The molecule has 25 heavy (non-hydrogen) atoms. The quantitative estimate of drug-likeness (QED) is 0.631. The van der Waals surface area contributed by atoms with Gasteiger partial charge in [0.25, 0.3) is 0 Å². The summed E-state index contributed by atoms with van der Waals surface area (Å²) >= 11 is 1.63. The molecule has 0 spiro atoms. The van der Waals surface area contributed by atoms with Crippen molar-refractivity contribution in [3.05, 3.63) is 51.0 Å². The Kier molecular flexibility index (Phi) is 6.96. The molecule has 0 amide bonds. The van der Waals surface area contributed by atoms with Crippen LogP contribution in [0.1, 0.15) is 40.4 Å². The van der Waals surface area contributed by atoms with Crippen molar-refractivity contribution in [2.75, 3.05) is 21.2 Å². The molecular formula is C19H28N4OS. The summed E-state index contributed by atoms with van der Waals surface area (Å²) in [6, 6.07) is 6.52. The molecule has 1 heterocycles. The molecule has 2 aromatic rings. The summed E-state index contributed by atoms with van der Waals surface area (Å²) in [5, 5.41) is 6.52. The zero-order chi connectivity index (χ0) is 18.4. The molecule has 0 aliphatic rings. The maximum absolute atomic E-state index is 5.33. The molecule has 136 valence electrons. The van der Waals surface area contributed by atoms with E-state index in [9.17, 15) is 0 Å². The molecule has 0 saturated carbocycles. The summed E-state index contributed by atoms with van der Waals surface area (Å²) in [5.74, 6) is 0.856. The van der Waals surface area contributed by atoms with Gasteiger partial charge in [0, 0.05) is 33.1 Å². The van der Waals surface area contributed by atoms with Crippen molar-refractivity contribution >= 4 is 17.3 Å². The third-order valence-electron chi connectivity index (χ3n) is 4.18. The predicted octanol–water partition coefficient (Wildman–Crippen LogP) is 3.67. The van der Waals surface area contributed by atoms with Crippen LogP contribution in [0.4, 0.5) is 0 Å². The predicted molar refractivity (Wildman–Crippen MR) is 105 cm³/mol. The molecule has 0 radical (unpaired) electrons. The first-order valence-electron chi connectivity index (χ1n) is 8.39. The van der Waals surface area contributed by atoms with Gasteiger partial charge in [-0.3, -0.25) is 4.99 Å². The molecule has 2 rings (SSSR count). The Bertz CT molecular complexity index is 726. The SMILES string of the molecule is CN=C(NCc1ccc(C)cc1C)N(C)Cc1csc(C(C)OC)n1. The molecule has 0 saturated heterocycles. The topological polar surface area (TPSA) is 49.8 Å². The van der Waals surface area contributed by atoms with Gasteiger partial charge in [-0.1, -0.05) is 23.8 Å². The number of nitrogens with one attached hydrogen (secondary N) is 1. The van der Waals surface area contributed by atoms with Crippen LogP contribution in [0.5, 0.6) is 0 Å². The molecule has 0 aliphatic heterocycles. The number of ether oxygens (including phenoxy) is 1. The van der Waals surface area contributed by atoms with E-state index >= 15 is 0 Å². The van der Waals surface area contributed by atoms with Gasteiger partial charge in [0.2, 0.25) is 0 Å². The van der Waals surface area contributed by atoms with Gasteiger partial charge in [-0.2, -0.15) is 0 Å². The van der Waals surface area contributed by atoms with E-state index in [1.807, 2.05) is 14.0 Å². The number of hydrogen-bond acceptors (Lipinski definition) is 4. The van der Waals surface area contributed by atoms with Crippen LogP contribution in [0.2, 0.25) is 0 Å². The zero-order valence-electron chi connectivity index (χ0n) is 16.0. The first-order chi connectivity index (χ1) is 11.9. The molecule has 5 nitrogen and oxygen atoms in total. The van der Waals surface area contributed by atoms with Gasteiger partial charge in [-0.05, 0) is 31.9 Å². The molecule has 1 unspecified atom stereocenters.